The molecule has 66 valence electrons. The van der Waals surface area contributed by atoms with Gasteiger partial charge in [0, 0.05) is 4.47 Å². The van der Waals surface area contributed by atoms with Crippen LogP contribution in [0.1, 0.15) is 0 Å². The molecule has 0 spiro atoms. The van der Waals surface area contributed by atoms with Gasteiger partial charge in [-0.2, -0.15) is 8.42 Å². The summed E-state index contributed by atoms with van der Waals surface area (Å²) in [5, 5.41) is 0. The third-order valence-electron chi connectivity index (χ3n) is 1.29. The van der Waals surface area contributed by atoms with Gasteiger partial charge in [0.15, 0.2) is 0 Å². The predicted molar refractivity (Wildman–Crippen MR) is 48.4 cm³/mol. The molecule has 3 N–H and O–H groups in total. The van der Waals surface area contributed by atoms with E-state index in [4.69, 9.17) is 10.3 Å². The summed E-state index contributed by atoms with van der Waals surface area (Å²) >= 11 is 3.04. The van der Waals surface area contributed by atoms with Gasteiger partial charge in [0.1, 0.15) is 4.90 Å². The van der Waals surface area contributed by atoms with E-state index in [1.807, 2.05) is 0 Å². The minimum Gasteiger partial charge on any atom is -0.397 e. The van der Waals surface area contributed by atoms with Gasteiger partial charge in [-0.1, -0.05) is 6.07 Å². The molecule has 0 radical (unpaired) electrons. The standard InChI is InChI=1S/C6H6BrNO3S/c7-4-2-1-3-5(6(4)8)12(9,10)11/h1-3H,8H2,(H,9,10,11). The Balaban J connectivity index is 3.47. The lowest BCUT2D eigenvalue weighted by molar-refractivity contribution is 0.483. The van der Waals surface area contributed by atoms with Crippen molar-refractivity contribution in [3.8, 4) is 0 Å². The van der Waals surface area contributed by atoms with Crippen LogP contribution >= 0.6 is 15.9 Å². The Morgan fingerprint density at radius 2 is 2.00 bits per heavy atom. The average Bonchev–Trinajstić information content (AvgIpc) is 1.92. The van der Waals surface area contributed by atoms with Crippen molar-refractivity contribution in [3.05, 3.63) is 22.7 Å². The van der Waals surface area contributed by atoms with Crippen LogP contribution in [0, 0.1) is 0 Å². The zero-order chi connectivity index (χ0) is 9.35. The van der Waals surface area contributed by atoms with Gasteiger partial charge in [-0.15, -0.1) is 0 Å². The molecule has 1 aromatic carbocycles. The highest BCUT2D eigenvalue weighted by atomic mass is 79.9. The van der Waals surface area contributed by atoms with Crippen molar-refractivity contribution < 1.29 is 13.0 Å². The molecule has 6 heteroatoms. The predicted octanol–water partition coefficient (Wildman–Crippen LogP) is 1.28. The molecule has 0 saturated carbocycles. The maximum Gasteiger partial charge on any atom is 0.296 e. The average molecular weight is 252 g/mol. The molecule has 0 aliphatic rings. The highest BCUT2D eigenvalue weighted by Crippen LogP contribution is 2.26. The molecular formula is C6H6BrNO3S. The van der Waals surface area contributed by atoms with Crippen LogP contribution in [0.5, 0.6) is 0 Å². The van der Waals surface area contributed by atoms with Gasteiger partial charge < -0.3 is 5.73 Å². The van der Waals surface area contributed by atoms with Crippen molar-refractivity contribution in [2.75, 3.05) is 5.73 Å². The number of nitrogens with two attached hydrogens (primary N) is 1. The third-order valence-corrected chi connectivity index (χ3v) is 2.89. The monoisotopic (exact) mass is 251 g/mol. The largest absolute Gasteiger partial charge is 0.397 e. The van der Waals surface area contributed by atoms with E-state index >= 15 is 0 Å². The third kappa shape index (κ3) is 1.77. The zero-order valence-electron chi connectivity index (χ0n) is 5.86. The Kier molecular flexibility index (Phi) is 2.41. The van der Waals surface area contributed by atoms with Gasteiger partial charge in [0.25, 0.3) is 10.1 Å². The lowest BCUT2D eigenvalue weighted by Gasteiger charge is -2.02. The van der Waals surface area contributed by atoms with Crippen LogP contribution in [0.15, 0.2) is 27.6 Å². The van der Waals surface area contributed by atoms with Gasteiger partial charge in [-0.05, 0) is 28.1 Å². The Morgan fingerprint density at radius 1 is 1.42 bits per heavy atom. The first kappa shape index (κ1) is 9.50. The van der Waals surface area contributed by atoms with Gasteiger partial charge in [0.2, 0.25) is 0 Å². The smallest absolute Gasteiger partial charge is 0.296 e. The van der Waals surface area contributed by atoms with Crippen molar-refractivity contribution in [2.45, 2.75) is 4.90 Å². The van der Waals surface area contributed by atoms with Crippen LogP contribution in [-0.4, -0.2) is 13.0 Å². The van der Waals surface area contributed by atoms with Crippen LogP contribution in [0.2, 0.25) is 0 Å². The van der Waals surface area contributed by atoms with Crippen LogP contribution in [0.4, 0.5) is 5.69 Å². The summed E-state index contributed by atoms with van der Waals surface area (Å²) < 4.78 is 30.4. The van der Waals surface area contributed by atoms with E-state index in [0.29, 0.717) is 4.47 Å². The first-order chi connectivity index (χ1) is 5.43. The molecule has 4 nitrogen and oxygen atoms in total. The molecule has 0 heterocycles. The summed E-state index contributed by atoms with van der Waals surface area (Å²) in [6.07, 6.45) is 0. The lowest BCUT2D eigenvalue weighted by atomic mass is 10.3. The Morgan fingerprint density at radius 3 is 2.42 bits per heavy atom. The minimum atomic E-state index is -4.21. The summed E-state index contributed by atoms with van der Waals surface area (Å²) in [4.78, 5) is -0.281. The van der Waals surface area contributed by atoms with Crippen LogP contribution in [0.3, 0.4) is 0 Å². The number of benzene rings is 1. The quantitative estimate of drug-likeness (QED) is 0.582. The Hall–Kier alpha value is -0.590. The van der Waals surface area contributed by atoms with E-state index in [1.165, 1.54) is 12.1 Å². The molecule has 1 aromatic rings. The molecule has 12 heavy (non-hydrogen) atoms. The number of rotatable bonds is 1. The minimum absolute atomic E-state index is 0.0139. The second-order valence-electron chi connectivity index (χ2n) is 2.13. The van der Waals surface area contributed by atoms with E-state index in [0.717, 1.165) is 0 Å². The summed E-state index contributed by atoms with van der Waals surface area (Å²) in [5.74, 6) is 0. The number of para-hydroxylation sites is 1. The fourth-order valence-electron chi connectivity index (χ4n) is 0.742. The molecule has 1 rings (SSSR count). The van der Waals surface area contributed by atoms with Crippen LogP contribution in [0.25, 0.3) is 0 Å². The SMILES string of the molecule is Nc1c(Br)cccc1S(=O)(=O)O. The zero-order valence-corrected chi connectivity index (χ0v) is 8.26. The second kappa shape index (κ2) is 3.04. The van der Waals surface area contributed by atoms with Crippen molar-refractivity contribution >= 4 is 31.7 Å². The van der Waals surface area contributed by atoms with E-state index in [1.54, 1.807) is 6.07 Å². The number of hydrogen-bond donors (Lipinski definition) is 2. The summed E-state index contributed by atoms with van der Waals surface area (Å²) in [6.45, 7) is 0. The molecule has 0 saturated heterocycles. The molecule has 0 unspecified atom stereocenters. The van der Waals surface area contributed by atoms with Gasteiger partial charge in [-0.25, -0.2) is 0 Å². The molecule has 0 amide bonds. The second-order valence-corrected chi connectivity index (χ2v) is 4.37. The lowest BCUT2D eigenvalue weighted by Crippen LogP contribution is -2.03. The Bertz CT molecular complexity index is 401. The van der Waals surface area contributed by atoms with E-state index in [-0.39, 0.29) is 10.6 Å². The molecule has 0 aliphatic heterocycles. The van der Waals surface area contributed by atoms with Crippen molar-refractivity contribution in [2.24, 2.45) is 0 Å². The molecule has 0 fully saturated rings. The fourth-order valence-corrected chi connectivity index (χ4v) is 1.88. The molecule has 0 bridgehead atoms. The fraction of sp³-hybridized carbons (Fsp3) is 0. The Labute approximate surface area is 78.3 Å². The molecular weight excluding hydrogens is 246 g/mol. The normalized spacial score (nSPS) is 11.5. The number of hydrogen-bond acceptors (Lipinski definition) is 3. The topological polar surface area (TPSA) is 80.4 Å². The van der Waals surface area contributed by atoms with E-state index in [2.05, 4.69) is 15.9 Å². The van der Waals surface area contributed by atoms with Crippen molar-refractivity contribution in [3.63, 3.8) is 0 Å². The summed E-state index contributed by atoms with van der Waals surface area (Å²) in [5.41, 5.74) is 5.40. The van der Waals surface area contributed by atoms with Crippen molar-refractivity contribution in [1.29, 1.82) is 0 Å². The summed E-state index contributed by atoms with van der Waals surface area (Å²) in [6, 6.07) is 4.29. The van der Waals surface area contributed by atoms with Gasteiger partial charge in [0.05, 0.1) is 5.69 Å². The maximum atomic E-state index is 10.7. The van der Waals surface area contributed by atoms with E-state index < -0.39 is 10.1 Å². The van der Waals surface area contributed by atoms with Crippen LogP contribution in [-0.2, 0) is 10.1 Å². The van der Waals surface area contributed by atoms with Crippen LogP contribution < -0.4 is 5.73 Å². The van der Waals surface area contributed by atoms with E-state index in [9.17, 15) is 8.42 Å². The highest BCUT2D eigenvalue weighted by Gasteiger charge is 2.14. The highest BCUT2D eigenvalue weighted by molar-refractivity contribution is 9.10. The molecule has 0 aliphatic carbocycles. The summed E-state index contributed by atoms with van der Waals surface area (Å²) in [7, 11) is -4.21. The van der Waals surface area contributed by atoms with Crippen molar-refractivity contribution in [1.82, 2.24) is 0 Å². The maximum absolute atomic E-state index is 10.7. The number of halogens is 1. The van der Waals surface area contributed by atoms with Gasteiger partial charge >= 0.3 is 0 Å². The first-order valence-corrected chi connectivity index (χ1v) is 5.17. The molecule has 0 atom stereocenters. The number of nitrogen functional groups attached to an aromatic ring is 1. The number of anilines is 1. The first-order valence-electron chi connectivity index (χ1n) is 2.94. The van der Waals surface area contributed by atoms with Gasteiger partial charge in [-0.3, -0.25) is 4.55 Å². The molecule has 0 aromatic heterocycles.